The highest BCUT2D eigenvalue weighted by molar-refractivity contribution is 6.24. The van der Waals surface area contributed by atoms with E-state index in [0.29, 0.717) is 11.3 Å². The van der Waals surface area contributed by atoms with Crippen molar-refractivity contribution in [2.24, 2.45) is 5.92 Å². The average Bonchev–Trinajstić information content (AvgIpc) is 3.35. The molecule has 10 nitrogen and oxygen atoms in total. The van der Waals surface area contributed by atoms with E-state index in [0.717, 1.165) is 9.80 Å². The van der Waals surface area contributed by atoms with Gasteiger partial charge in [-0.25, -0.2) is 0 Å². The number of nitrogens with one attached hydrogen (secondary N) is 2. The number of carbonyl (C=O) groups is 6. The third kappa shape index (κ3) is 5.00. The molecular weight excluding hydrogens is 524 g/mol. The highest BCUT2D eigenvalue weighted by Gasteiger charge is 2.44. The summed E-state index contributed by atoms with van der Waals surface area (Å²) in [5.41, 5.74) is 9.46. The van der Waals surface area contributed by atoms with Crippen molar-refractivity contribution >= 4 is 41.1 Å². The number of benzene rings is 3. The van der Waals surface area contributed by atoms with Crippen LogP contribution < -0.4 is 11.1 Å². The van der Waals surface area contributed by atoms with Crippen LogP contribution in [0.2, 0.25) is 0 Å². The first-order valence-corrected chi connectivity index (χ1v) is 13.2. The Morgan fingerprint density at radius 2 is 1.17 bits per heavy atom. The van der Waals surface area contributed by atoms with Gasteiger partial charge >= 0.3 is 0 Å². The maximum atomic E-state index is 13.5. The number of nitrogens with zero attached hydrogens (tertiary/aromatic N) is 2. The van der Waals surface area contributed by atoms with Gasteiger partial charge in [-0.1, -0.05) is 50.2 Å². The predicted octanol–water partition coefficient (Wildman–Crippen LogP) is 3.35. The Bertz CT molecular complexity index is 1540. The number of fused-ring (bicyclic) bond motifs is 2. The van der Waals surface area contributed by atoms with Crippen molar-refractivity contribution < 1.29 is 28.8 Å². The van der Waals surface area contributed by atoms with E-state index in [1.807, 2.05) is 13.8 Å². The number of carbonyl (C=O) groups excluding carboxylic acids is 6. The monoisotopic (exact) mass is 551 g/mol. The van der Waals surface area contributed by atoms with Crippen molar-refractivity contribution in [3.8, 4) is 0 Å². The van der Waals surface area contributed by atoms with Gasteiger partial charge < -0.3 is 5.32 Å². The van der Waals surface area contributed by atoms with E-state index < -0.39 is 47.5 Å². The van der Waals surface area contributed by atoms with Crippen molar-refractivity contribution in [3.05, 3.63) is 101 Å². The fourth-order valence-electron chi connectivity index (χ4n) is 5.28. The fraction of sp³-hybridized carbons (Fsp3) is 0.226. The molecule has 0 saturated carbocycles. The second kappa shape index (κ2) is 10.8. The molecule has 1 radical (unpaired) electrons. The van der Waals surface area contributed by atoms with E-state index in [1.165, 1.54) is 12.1 Å². The summed E-state index contributed by atoms with van der Waals surface area (Å²) in [7, 11) is 0. The van der Waals surface area contributed by atoms with E-state index in [4.69, 9.17) is 5.73 Å². The maximum Gasteiger partial charge on any atom is 0.262 e. The van der Waals surface area contributed by atoms with Gasteiger partial charge in [-0.15, -0.1) is 0 Å². The molecule has 2 atom stereocenters. The van der Waals surface area contributed by atoms with Crippen LogP contribution in [0.15, 0.2) is 72.8 Å². The molecule has 3 aromatic carbocycles. The van der Waals surface area contributed by atoms with Gasteiger partial charge in [0.15, 0.2) is 0 Å². The summed E-state index contributed by atoms with van der Waals surface area (Å²) in [5.74, 6) is -4.01. The lowest BCUT2D eigenvalue weighted by Gasteiger charge is -2.27. The van der Waals surface area contributed by atoms with Crippen LogP contribution in [0.3, 0.4) is 0 Å². The lowest BCUT2D eigenvalue weighted by molar-refractivity contribution is -0.122. The zero-order valence-electron chi connectivity index (χ0n) is 22.4. The SMILES string of the molecule is CC(C)CC(C(=O)Nc1cccc(CC(C([NH])=O)N2C(=O)c3ccccc3C2=O)c1)N1C(=O)c2ccccc2C1=O. The first kappa shape index (κ1) is 27.4. The van der Waals surface area contributed by atoms with Crippen LogP contribution >= 0.6 is 0 Å². The molecule has 207 valence electrons. The van der Waals surface area contributed by atoms with Gasteiger partial charge in [-0.2, -0.15) is 0 Å². The number of imide groups is 2. The number of anilines is 1. The van der Waals surface area contributed by atoms with Gasteiger partial charge in [-0.3, -0.25) is 44.3 Å². The van der Waals surface area contributed by atoms with Gasteiger partial charge in [0.25, 0.3) is 29.5 Å². The van der Waals surface area contributed by atoms with E-state index >= 15 is 0 Å². The molecule has 2 aliphatic rings. The van der Waals surface area contributed by atoms with Gasteiger partial charge in [0, 0.05) is 12.1 Å². The minimum absolute atomic E-state index is 0.00937. The molecule has 0 spiro atoms. The molecule has 2 heterocycles. The molecule has 0 aliphatic carbocycles. The summed E-state index contributed by atoms with van der Waals surface area (Å²) in [6, 6.07) is 16.7. The number of hydrogen-bond acceptors (Lipinski definition) is 6. The second-order valence-corrected chi connectivity index (χ2v) is 10.5. The van der Waals surface area contributed by atoms with E-state index in [9.17, 15) is 28.8 Å². The Morgan fingerprint density at radius 3 is 1.61 bits per heavy atom. The molecule has 0 saturated heterocycles. The zero-order chi connectivity index (χ0) is 29.4. The molecule has 0 bridgehead atoms. The molecule has 2 N–H and O–H groups in total. The number of hydrogen-bond donors (Lipinski definition) is 1. The van der Waals surface area contributed by atoms with E-state index in [-0.39, 0.29) is 41.0 Å². The number of rotatable bonds is 9. The fourth-order valence-corrected chi connectivity index (χ4v) is 5.28. The zero-order valence-corrected chi connectivity index (χ0v) is 22.4. The first-order valence-electron chi connectivity index (χ1n) is 13.2. The summed E-state index contributed by atoms with van der Waals surface area (Å²) in [6.45, 7) is 3.77. The smallest absolute Gasteiger partial charge is 0.262 e. The average molecular weight is 552 g/mol. The Labute approximate surface area is 236 Å². The lowest BCUT2D eigenvalue weighted by atomic mass is 10.0. The second-order valence-electron chi connectivity index (χ2n) is 10.5. The van der Waals surface area contributed by atoms with Crippen LogP contribution in [0.4, 0.5) is 5.69 Å². The van der Waals surface area contributed by atoms with Crippen molar-refractivity contribution in [3.63, 3.8) is 0 Å². The minimum Gasteiger partial charge on any atom is -0.324 e. The highest BCUT2D eigenvalue weighted by Crippen LogP contribution is 2.29. The van der Waals surface area contributed by atoms with Crippen LogP contribution in [-0.2, 0) is 16.0 Å². The molecular formula is C31H27N4O6. The summed E-state index contributed by atoms with van der Waals surface area (Å²) in [6.07, 6.45) is 0.109. The van der Waals surface area contributed by atoms with E-state index in [2.05, 4.69) is 5.32 Å². The molecule has 3 aromatic rings. The van der Waals surface area contributed by atoms with Crippen molar-refractivity contribution in [2.75, 3.05) is 5.32 Å². The van der Waals surface area contributed by atoms with Gasteiger partial charge in [0.2, 0.25) is 5.91 Å². The molecule has 0 fully saturated rings. The largest absolute Gasteiger partial charge is 0.324 e. The Morgan fingerprint density at radius 1 is 0.707 bits per heavy atom. The lowest BCUT2D eigenvalue weighted by Crippen LogP contribution is -2.48. The maximum absolute atomic E-state index is 13.5. The summed E-state index contributed by atoms with van der Waals surface area (Å²) in [4.78, 5) is 79.7. The minimum atomic E-state index is -1.36. The van der Waals surface area contributed by atoms with E-state index in [1.54, 1.807) is 60.7 Å². The van der Waals surface area contributed by atoms with Crippen molar-refractivity contribution in [1.82, 2.24) is 15.5 Å². The van der Waals surface area contributed by atoms with Crippen LogP contribution in [0.1, 0.15) is 67.3 Å². The van der Waals surface area contributed by atoms with Gasteiger partial charge in [0.1, 0.15) is 12.1 Å². The third-order valence-electron chi connectivity index (χ3n) is 7.20. The molecule has 0 aromatic heterocycles. The highest BCUT2D eigenvalue weighted by atomic mass is 16.2. The Hall–Kier alpha value is -5.12. The quantitative estimate of drug-likeness (QED) is 0.404. The van der Waals surface area contributed by atoms with Crippen molar-refractivity contribution in [2.45, 2.75) is 38.8 Å². The predicted molar refractivity (Wildman–Crippen MR) is 148 cm³/mol. The molecule has 10 heteroatoms. The summed E-state index contributed by atoms with van der Waals surface area (Å²) < 4.78 is 0. The number of amides is 6. The molecule has 2 unspecified atom stereocenters. The molecule has 5 rings (SSSR count). The van der Waals surface area contributed by atoms with Gasteiger partial charge in [0.05, 0.1) is 22.3 Å². The Balaban J connectivity index is 1.36. The third-order valence-corrected chi connectivity index (χ3v) is 7.20. The van der Waals surface area contributed by atoms with Crippen LogP contribution in [0, 0.1) is 5.92 Å². The molecule has 2 aliphatic heterocycles. The standard InChI is InChI=1S/C31H27N4O6/c1-17(2)14-25(35-30(40)22-12-5-6-13-23(22)31(35)41)27(37)33-19-9-7-8-18(15-19)16-24(26(32)36)34-28(38)20-10-3-4-11-21(20)29(34)39/h3-13,15,17,24-25,32H,14,16H2,1-2H3,(H,33,37). The van der Waals surface area contributed by atoms with Crippen molar-refractivity contribution in [1.29, 1.82) is 0 Å². The van der Waals surface area contributed by atoms with Crippen LogP contribution in [0.5, 0.6) is 0 Å². The molecule has 6 amide bonds. The molecule has 41 heavy (non-hydrogen) atoms. The summed E-state index contributed by atoms with van der Waals surface area (Å²) >= 11 is 0. The normalized spacial score (nSPS) is 15.7. The van der Waals surface area contributed by atoms with Gasteiger partial charge in [-0.05, 0) is 54.3 Å². The first-order chi connectivity index (χ1) is 19.6. The Kier molecular flexibility index (Phi) is 7.23. The van der Waals surface area contributed by atoms with Crippen LogP contribution in [-0.4, -0.2) is 57.3 Å². The topological polar surface area (TPSA) is 145 Å². The summed E-state index contributed by atoms with van der Waals surface area (Å²) in [5, 5.41) is 2.77. The van der Waals surface area contributed by atoms with Crippen LogP contribution in [0.25, 0.3) is 0 Å².